The zero-order valence-corrected chi connectivity index (χ0v) is 33.4. The van der Waals surface area contributed by atoms with Crippen LogP contribution in [0.3, 0.4) is 0 Å². The van der Waals surface area contributed by atoms with Gasteiger partial charge in [-0.05, 0) is 46.2 Å². The van der Waals surface area contributed by atoms with E-state index in [-0.39, 0.29) is 36.7 Å². The molecular weight excluding hydrogens is 729 g/mol. The molecule has 6 aromatic rings. The Bertz CT molecular complexity index is 2120. The smallest absolute Gasteiger partial charge is 0.250 e. The first-order valence-electron chi connectivity index (χ1n) is 19.6. The summed E-state index contributed by atoms with van der Waals surface area (Å²) >= 11 is 0. The Hall–Kier alpha value is -6.82. The third kappa shape index (κ3) is 10.3. The minimum atomic E-state index is -0.784. The lowest BCUT2D eigenvalue weighted by atomic mass is 10.0. The first-order chi connectivity index (χ1) is 28.1. The highest BCUT2D eigenvalue weighted by atomic mass is 16.2. The maximum atomic E-state index is 13.7. The molecule has 4 N–H and O–H groups in total. The zero-order chi connectivity index (χ0) is 41.0. The summed E-state index contributed by atoms with van der Waals surface area (Å²) in [4.78, 5) is 71.0. The van der Waals surface area contributed by atoms with Crippen molar-refractivity contribution in [3.63, 3.8) is 0 Å². The van der Waals surface area contributed by atoms with Crippen molar-refractivity contribution in [3.8, 4) is 33.6 Å². The van der Waals surface area contributed by atoms with Crippen LogP contribution in [0.4, 0.5) is 0 Å². The van der Waals surface area contributed by atoms with Crippen LogP contribution in [0.1, 0.15) is 75.4 Å². The quantitative estimate of drug-likeness (QED) is 0.0758. The number of nitrogens with zero attached hydrogens (tertiary/aromatic N) is 4. The van der Waals surface area contributed by atoms with Crippen LogP contribution in [0.2, 0.25) is 0 Å². The van der Waals surface area contributed by atoms with Gasteiger partial charge in [0, 0.05) is 26.9 Å². The summed E-state index contributed by atoms with van der Waals surface area (Å²) in [5.41, 5.74) is 7.14. The highest BCUT2D eigenvalue weighted by Crippen LogP contribution is 2.28. The number of imidazole rings is 2. The summed E-state index contributed by atoms with van der Waals surface area (Å²) < 4.78 is 0. The van der Waals surface area contributed by atoms with E-state index >= 15 is 0 Å². The predicted molar refractivity (Wildman–Crippen MR) is 224 cm³/mol. The molecule has 0 spiro atoms. The van der Waals surface area contributed by atoms with Gasteiger partial charge in [-0.2, -0.15) is 0 Å². The average molecular weight is 779 g/mol. The van der Waals surface area contributed by atoms with Gasteiger partial charge < -0.3 is 30.4 Å². The van der Waals surface area contributed by atoms with Crippen LogP contribution in [-0.4, -0.2) is 66.5 Å². The molecule has 0 saturated carbocycles. The maximum Gasteiger partial charge on any atom is 0.250 e. The van der Waals surface area contributed by atoms with E-state index in [1.54, 1.807) is 22.2 Å². The normalized spacial score (nSPS) is 12.0. The first-order valence-corrected chi connectivity index (χ1v) is 19.6. The molecule has 4 amide bonds. The molecule has 0 aliphatic rings. The summed E-state index contributed by atoms with van der Waals surface area (Å²) in [6.07, 6.45) is 5.06. The predicted octanol–water partition coefficient (Wildman–Crippen LogP) is 7.37. The number of hydrogen-bond donors (Lipinski definition) is 4. The van der Waals surface area contributed by atoms with Crippen molar-refractivity contribution in [1.29, 1.82) is 0 Å². The Labute approximate surface area is 339 Å². The standard InChI is InChI=1S/C46H50N8O4/c1-5-25-53(45(57)43(49-31(3)55)37-13-9-7-10-14-37)29-41-47-27-39(51-41)35-21-17-33(18-22-35)34-19-23-36(24-20-34)40-28-48-42(52-40)30-54(26-6-2)46(58)44(50-32(4)56)38-15-11-8-12-16-38/h7-24,27-28,43-44H,5-6,25-26,29-30H2,1-4H3,(H,47,51)(H,48,52)(H,49,55)(H,50,56). The van der Waals surface area contributed by atoms with Crippen LogP contribution < -0.4 is 10.6 Å². The number of carbonyl (C=O) groups excluding carboxylic acids is 4. The topological polar surface area (TPSA) is 156 Å². The minimum absolute atomic E-state index is 0.188. The van der Waals surface area contributed by atoms with E-state index in [9.17, 15) is 19.2 Å². The summed E-state index contributed by atoms with van der Waals surface area (Å²) in [5.74, 6) is 0.382. The van der Waals surface area contributed by atoms with Crippen molar-refractivity contribution in [1.82, 2.24) is 40.4 Å². The fourth-order valence-corrected chi connectivity index (χ4v) is 6.94. The molecule has 0 radical (unpaired) electrons. The molecule has 2 heterocycles. The zero-order valence-electron chi connectivity index (χ0n) is 33.4. The average Bonchev–Trinajstić information content (AvgIpc) is 3.92. The first kappa shape index (κ1) is 40.8. The van der Waals surface area contributed by atoms with Crippen molar-refractivity contribution in [2.45, 2.75) is 65.7 Å². The summed E-state index contributed by atoms with van der Waals surface area (Å²) in [6, 6.07) is 33.4. The van der Waals surface area contributed by atoms with Crippen molar-refractivity contribution >= 4 is 23.6 Å². The van der Waals surface area contributed by atoms with Crippen molar-refractivity contribution in [3.05, 3.63) is 144 Å². The summed E-state index contributed by atoms with van der Waals surface area (Å²) in [6.45, 7) is 8.45. The lowest BCUT2D eigenvalue weighted by Gasteiger charge is -2.27. The van der Waals surface area contributed by atoms with Gasteiger partial charge in [0.05, 0.1) is 36.9 Å². The lowest BCUT2D eigenvalue weighted by Crippen LogP contribution is -2.42. The van der Waals surface area contributed by atoms with Gasteiger partial charge in [0.15, 0.2) is 0 Å². The van der Waals surface area contributed by atoms with E-state index in [1.807, 2.05) is 98.8 Å². The molecule has 12 heteroatoms. The van der Waals surface area contributed by atoms with Crippen molar-refractivity contribution < 1.29 is 19.2 Å². The maximum absolute atomic E-state index is 13.7. The Morgan fingerprint density at radius 2 is 0.879 bits per heavy atom. The van der Waals surface area contributed by atoms with E-state index in [4.69, 9.17) is 0 Å². The third-order valence-electron chi connectivity index (χ3n) is 9.73. The second-order valence-electron chi connectivity index (χ2n) is 14.2. The molecule has 2 aromatic heterocycles. The Kier molecular flexibility index (Phi) is 13.6. The summed E-state index contributed by atoms with van der Waals surface area (Å²) in [7, 11) is 0. The highest BCUT2D eigenvalue weighted by molar-refractivity contribution is 5.89. The number of benzene rings is 4. The Morgan fingerprint density at radius 3 is 1.21 bits per heavy atom. The van der Waals surface area contributed by atoms with Gasteiger partial charge in [0.25, 0.3) is 0 Å². The molecule has 0 aliphatic heterocycles. The van der Waals surface area contributed by atoms with Crippen molar-refractivity contribution in [2.75, 3.05) is 13.1 Å². The number of amides is 4. The molecule has 0 saturated heterocycles. The van der Waals surface area contributed by atoms with Gasteiger partial charge >= 0.3 is 0 Å². The molecule has 0 bridgehead atoms. The molecule has 6 rings (SSSR count). The number of rotatable bonds is 17. The van der Waals surface area contributed by atoms with Crippen LogP contribution >= 0.6 is 0 Å². The highest BCUT2D eigenvalue weighted by Gasteiger charge is 2.28. The van der Waals surface area contributed by atoms with Gasteiger partial charge in [-0.15, -0.1) is 0 Å². The molecule has 0 fully saturated rings. The molecule has 58 heavy (non-hydrogen) atoms. The van der Waals surface area contributed by atoms with E-state index in [1.165, 1.54) is 13.8 Å². The second kappa shape index (κ2) is 19.4. The van der Waals surface area contributed by atoms with Gasteiger partial charge in [0.2, 0.25) is 23.6 Å². The number of nitrogens with one attached hydrogen (secondary N) is 4. The molecule has 0 aliphatic carbocycles. The van der Waals surface area contributed by atoms with E-state index in [0.29, 0.717) is 24.7 Å². The van der Waals surface area contributed by atoms with Crippen LogP contribution in [0.5, 0.6) is 0 Å². The van der Waals surface area contributed by atoms with Gasteiger partial charge in [-0.25, -0.2) is 9.97 Å². The second-order valence-corrected chi connectivity index (χ2v) is 14.2. The number of H-pyrrole nitrogens is 2. The van der Waals surface area contributed by atoms with E-state index < -0.39 is 12.1 Å². The SMILES string of the molecule is CCCN(Cc1ncc(-c2ccc(-c3ccc(-c4cnc(CN(CCC)C(=O)C(NC(C)=O)c5ccccc5)[nH]4)cc3)cc2)[nH]1)C(=O)C(NC(C)=O)c1ccccc1. The van der Waals surface area contributed by atoms with E-state index in [0.717, 1.165) is 57.6 Å². The van der Waals surface area contributed by atoms with Crippen LogP contribution in [0.25, 0.3) is 33.6 Å². The minimum Gasteiger partial charge on any atom is -0.341 e. The van der Waals surface area contributed by atoms with Crippen LogP contribution in [-0.2, 0) is 32.3 Å². The van der Waals surface area contributed by atoms with Crippen LogP contribution in [0.15, 0.2) is 122 Å². The van der Waals surface area contributed by atoms with Crippen LogP contribution in [0, 0.1) is 0 Å². The molecule has 298 valence electrons. The molecule has 2 unspecified atom stereocenters. The monoisotopic (exact) mass is 778 g/mol. The molecule has 2 atom stereocenters. The largest absolute Gasteiger partial charge is 0.341 e. The Morgan fingerprint density at radius 1 is 0.534 bits per heavy atom. The van der Waals surface area contributed by atoms with Gasteiger partial charge in [-0.3, -0.25) is 19.2 Å². The fraction of sp³-hybridized carbons (Fsp3) is 0.261. The van der Waals surface area contributed by atoms with Gasteiger partial charge in [0.1, 0.15) is 23.7 Å². The molecule has 12 nitrogen and oxygen atoms in total. The molecular formula is C46H50N8O4. The fourth-order valence-electron chi connectivity index (χ4n) is 6.94. The number of aromatic nitrogens is 4. The van der Waals surface area contributed by atoms with E-state index in [2.05, 4.69) is 54.8 Å². The number of carbonyl (C=O) groups is 4. The summed E-state index contributed by atoms with van der Waals surface area (Å²) in [5, 5.41) is 5.64. The lowest BCUT2D eigenvalue weighted by molar-refractivity contribution is -0.137. The molecule has 4 aromatic carbocycles. The van der Waals surface area contributed by atoms with Crippen molar-refractivity contribution in [2.24, 2.45) is 0 Å². The number of hydrogen-bond acceptors (Lipinski definition) is 6. The van der Waals surface area contributed by atoms with Gasteiger partial charge in [-0.1, -0.05) is 123 Å². The third-order valence-corrected chi connectivity index (χ3v) is 9.73. The Balaban J connectivity index is 1.10. The number of aromatic amines is 2.